The van der Waals surface area contributed by atoms with E-state index in [2.05, 4.69) is 22.3 Å². The Bertz CT molecular complexity index is 548. The lowest BCUT2D eigenvalue weighted by Crippen LogP contribution is -2.38. The van der Waals surface area contributed by atoms with Gasteiger partial charge in [0.05, 0.1) is 32.3 Å². The number of fused-ring (bicyclic) bond motifs is 1. The van der Waals surface area contributed by atoms with Gasteiger partial charge in [0.25, 0.3) is 0 Å². The summed E-state index contributed by atoms with van der Waals surface area (Å²) in [5.41, 5.74) is 1.25. The lowest BCUT2D eigenvalue weighted by atomic mass is 9.92. The minimum Gasteiger partial charge on any atom is -0.497 e. The van der Waals surface area contributed by atoms with Crippen LogP contribution in [0, 0.1) is 11.8 Å². The number of nitrogens with one attached hydrogen (secondary N) is 1. The van der Waals surface area contributed by atoms with Crippen LogP contribution in [0.4, 0.5) is 0 Å². The van der Waals surface area contributed by atoms with E-state index in [9.17, 15) is 4.79 Å². The van der Waals surface area contributed by atoms with Gasteiger partial charge in [0, 0.05) is 39.2 Å². The van der Waals surface area contributed by atoms with Crippen LogP contribution in [-0.4, -0.2) is 64.0 Å². The predicted molar refractivity (Wildman–Crippen MR) is 89.9 cm³/mol. The van der Waals surface area contributed by atoms with Crippen LogP contribution < -0.4 is 10.1 Å². The van der Waals surface area contributed by atoms with E-state index in [4.69, 9.17) is 14.2 Å². The van der Waals surface area contributed by atoms with Gasteiger partial charge in [0.1, 0.15) is 5.75 Å². The Morgan fingerprint density at radius 1 is 1.29 bits per heavy atom. The van der Waals surface area contributed by atoms with Crippen molar-refractivity contribution in [3.05, 3.63) is 29.8 Å². The van der Waals surface area contributed by atoms with Gasteiger partial charge in [-0.2, -0.15) is 0 Å². The van der Waals surface area contributed by atoms with Crippen molar-refractivity contribution in [2.75, 3.05) is 47.1 Å². The third kappa shape index (κ3) is 3.88. The van der Waals surface area contributed by atoms with Crippen LogP contribution >= 0.6 is 0 Å². The summed E-state index contributed by atoms with van der Waals surface area (Å²) >= 11 is 0. The molecule has 0 aliphatic carbocycles. The van der Waals surface area contributed by atoms with Crippen LogP contribution in [-0.2, 0) is 20.8 Å². The van der Waals surface area contributed by atoms with Gasteiger partial charge in [-0.05, 0) is 17.7 Å². The van der Waals surface area contributed by atoms with Crippen molar-refractivity contribution in [1.29, 1.82) is 0 Å². The van der Waals surface area contributed by atoms with Crippen molar-refractivity contribution >= 4 is 5.91 Å². The molecule has 6 heteroatoms. The molecule has 0 spiro atoms. The predicted octanol–water partition coefficient (Wildman–Crippen LogP) is 0.905. The zero-order valence-electron chi connectivity index (χ0n) is 14.4. The number of amides is 1. The van der Waals surface area contributed by atoms with E-state index in [0.29, 0.717) is 19.8 Å². The van der Waals surface area contributed by atoms with Crippen LogP contribution in [0.2, 0.25) is 0 Å². The monoisotopic (exact) mass is 334 g/mol. The number of ether oxygens (including phenoxy) is 3. The van der Waals surface area contributed by atoms with Gasteiger partial charge in [-0.15, -0.1) is 0 Å². The molecule has 1 aromatic rings. The molecule has 0 radical (unpaired) electrons. The number of nitrogens with zero attached hydrogens (tertiary/aromatic N) is 1. The summed E-state index contributed by atoms with van der Waals surface area (Å²) in [5, 5.41) is 2.94. The molecule has 24 heavy (non-hydrogen) atoms. The molecule has 3 atom stereocenters. The zero-order valence-corrected chi connectivity index (χ0v) is 14.4. The first-order chi connectivity index (χ1) is 11.7. The molecular formula is C18H26N2O4. The molecular weight excluding hydrogens is 308 g/mol. The van der Waals surface area contributed by atoms with E-state index in [1.807, 2.05) is 12.1 Å². The molecule has 132 valence electrons. The maximum absolute atomic E-state index is 12.3. The first-order valence-electron chi connectivity index (χ1n) is 8.45. The van der Waals surface area contributed by atoms with Gasteiger partial charge in [-0.1, -0.05) is 12.1 Å². The topological polar surface area (TPSA) is 60.0 Å². The summed E-state index contributed by atoms with van der Waals surface area (Å²) in [6.45, 7) is 4.29. The van der Waals surface area contributed by atoms with Crippen molar-refractivity contribution in [2.24, 2.45) is 11.8 Å². The summed E-state index contributed by atoms with van der Waals surface area (Å²) in [6.07, 6.45) is 0.168. The highest BCUT2D eigenvalue weighted by atomic mass is 16.5. The van der Waals surface area contributed by atoms with Crippen LogP contribution in [0.1, 0.15) is 5.56 Å². The maximum Gasteiger partial charge on any atom is 0.225 e. The second kappa shape index (κ2) is 7.96. The molecule has 0 saturated carbocycles. The fourth-order valence-electron chi connectivity index (χ4n) is 3.59. The summed E-state index contributed by atoms with van der Waals surface area (Å²) < 4.78 is 16.0. The molecule has 1 amide bonds. The normalized spacial score (nSPS) is 26.3. The molecule has 6 nitrogen and oxygen atoms in total. The lowest BCUT2D eigenvalue weighted by molar-refractivity contribution is -0.126. The fraction of sp³-hybridized carbons (Fsp3) is 0.611. The SMILES string of the molecule is COCCNC(=O)[C@@H]1CO[C@H]2CN(Cc3ccc(OC)cc3)C[C@H]21. The molecule has 2 saturated heterocycles. The molecule has 0 unspecified atom stereocenters. The number of carbonyl (C=O) groups is 1. The standard InChI is InChI=1S/C18H26N2O4/c1-22-8-7-19-18(21)16-12-24-17-11-20(10-15(16)17)9-13-3-5-14(23-2)6-4-13/h3-6,15-17H,7-12H2,1-2H3,(H,19,21)/t15-,16+,17-/m0/s1. The second-order valence-electron chi connectivity index (χ2n) is 6.47. The molecule has 2 heterocycles. The van der Waals surface area contributed by atoms with Crippen LogP contribution in [0.3, 0.4) is 0 Å². The average Bonchev–Trinajstić information content (AvgIpc) is 3.15. The highest BCUT2D eigenvalue weighted by Crippen LogP contribution is 2.34. The molecule has 2 aliphatic heterocycles. The van der Waals surface area contributed by atoms with Crippen LogP contribution in [0.25, 0.3) is 0 Å². The third-order valence-electron chi connectivity index (χ3n) is 4.90. The Morgan fingerprint density at radius 2 is 2.08 bits per heavy atom. The number of methoxy groups -OCH3 is 2. The van der Waals surface area contributed by atoms with E-state index in [1.54, 1.807) is 14.2 Å². The average molecular weight is 334 g/mol. The largest absolute Gasteiger partial charge is 0.497 e. The first-order valence-corrected chi connectivity index (χ1v) is 8.45. The minimum atomic E-state index is -0.0484. The van der Waals surface area contributed by atoms with Crippen LogP contribution in [0.5, 0.6) is 5.75 Å². The molecule has 2 aliphatic rings. The molecule has 0 aromatic heterocycles. The maximum atomic E-state index is 12.3. The highest BCUT2D eigenvalue weighted by Gasteiger charge is 2.46. The highest BCUT2D eigenvalue weighted by molar-refractivity contribution is 5.79. The molecule has 1 aromatic carbocycles. The number of hydrogen-bond acceptors (Lipinski definition) is 5. The summed E-state index contributed by atoms with van der Waals surface area (Å²) in [5.74, 6) is 1.19. The Morgan fingerprint density at radius 3 is 2.79 bits per heavy atom. The van der Waals surface area contributed by atoms with E-state index in [-0.39, 0.29) is 23.8 Å². The van der Waals surface area contributed by atoms with Crippen molar-refractivity contribution < 1.29 is 19.0 Å². The number of hydrogen-bond donors (Lipinski definition) is 1. The zero-order chi connectivity index (χ0) is 16.9. The molecule has 2 fully saturated rings. The van der Waals surface area contributed by atoms with Crippen molar-refractivity contribution in [1.82, 2.24) is 10.2 Å². The Balaban J connectivity index is 1.53. The fourth-order valence-corrected chi connectivity index (χ4v) is 3.59. The summed E-state index contributed by atoms with van der Waals surface area (Å²) in [7, 11) is 3.31. The van der Waals surface area contributed by atoms with E-state index >= 15 is 0 Å². The van der Waals surface area contributed by atoms with Crippen molar-refractivity contribution in [3.63, 3.8) is 0 Å². The van der Waals surface area contributed by atoms with Gasteiger partial charge in [0.15, 0.2) is 0 Å². The second-order valence-corrected chi connectivity index (χ2v) is 6.47. The minimum absolute atomic E-state index is 0.0484. The van der Waals surface area contributed by atoms with Crippen molar-refractivity contribution in [2.45, 2.75) is 12.6 Å². The van der Waals surface area contributed by atoms with Gasteiger partial charge in [0.2, 0.25) is 5.91 Å². The Hall–Kier alpha value is -1.63. The van der Waals surface area contributed by atoms with Gasteiger partial charge < -0.3 is 19.5 Å². The molecule has 3 rings (SSSR count). The summed E-state index contributed by atoms with van der Waals surface area (Å²) in [4.78, 5) is 14.7. The Labute approximate surface area is 143 Å². The summed E-state index contributed by atoms with van der Waals surface area (Å²) in [6, 6.07) is 8.13. The van der Waals surface area contributed by atoms with Crippen molar-refractivity contribution in [3.8, 4) is 5.75 Å². The van der Waals surface area contributed by atoms with E-state index in [1.165, 1.54) is 5.56 Å². The third-order valence-corrected chi connectivity index (χ3v) is 4.90. The smallest absolute Gasteiger partial charge is 0.225 e. The van der Waals surface area contributed by atoms with Crippen LogP contribution in [0.15, 0.2) is 24.3 Å². The number of likely N-dealkylation sites (tertiary alicyclic amines) is 1. The number of rotatable bonds is 7. The van der Waals surface area contributed by atoms with E-state index < -0.39 is 0 Å². The number of carbonyl (C=O) groups excluding carboxylic acids is 1. The van der Waals surface area contributed by atoms with Gasteiger partial charge in [-0.3, -0.25) is 9.69 Å². The molecule has 0 bridgehead atoms. The molecule has 1 N–H and O–H groups in total. The van der Waals surface area contributed by atoms with E-state index in [0.717, 1.165) is 25.4 Å². The van der Waals surface area contributed by atoms with Gasteiger partial charge >= 0.3 is 0 Å². The van der Waals surface area contributed by atoms with Gasteiger partial charge in [-0.25, -0.2) is 0 Å². The quantitative estimate of drug-likeness (QED) is 0.751. The first kappa shape index (κ1) is 17.2. The Kier molecular flexibility index (Phi) is 5.71. The lowest BCUT2D eigenvalue weighted by Gasteiger charge is -2.19. The number of benzene rings is 1.